The number of ether oxygens (including phenoxy) is 3. The molecular formula is C46H38N2O6S2. The number of carbonyl (C=O) groups is 2. The van der Waals surface area contributed by atoms with Gasteiger partial charge in [-0.2, -0.15) is 0 Å². The Morgan fingerprint density at radius 3 is 1.54 bits per heavy atom. The molecule has 8 rings (SSSR count). The number of thiophene rings is 2. The first-order chi connectivity index (χ1) is 27.3. The van der Waals surface area contributed by atoms with Crippen LogP contribution in [0.4, 0.5) is 0 Å². The van der Waals surface area contributed by atoms with Crippen molar-refractivity contribution in [1.82, 2.24) is 9.97 Å². The average Bonchev–Trinajstić information content (AvgIpc) is 3.85. The standard InChI is InChI=1S/C24H21NO3S.C22H17NO3S/c1-3-28-24(26)19-8-4-6-17(13-19)21-9-5-7-18-14-20(29-23(18)21)12-16-10-11-22(27-2)25-15-16;1-26-20-9-8-14(13-23-20)10-18-12-16-5-3-7-19(21(16)27-18)15-4-2-6-17(11-15)22(24)25/h4-11,13-15H,3,12H2,1-2H3;2-9,11-13H,10H2,1H3,(H,24,25). The molecule has 0 unspecified atom stereocenters. The summed E-state index contributed by atoms with van der Waals surface area (Å²) < 4.78 is 17.8. The number of carboxylic acid groups (broad SMARTS) is 1. The number of hydrogen-bond acceptors (Lipinski definition) is 9. The fraction of sp³-hybridized carbons (Fsp3) is 0.130. The number of carbonyl (C=O) groups excluding carboxylic acids is 1. The van der Waals surface area contributed by atoms with E-state index in [-0.39, 0.29) is 5.97 Å². The zero-order valence-electron chi connectivity index (χ0n) is 31.0. The van der Waals surface area contributed by atoms with E-state index in [1.165, 1.54) is 19.8 Å². The summed E-state index contributed by atoms with van der Waals surface area (Å²) >= 11 is 3.50. The molecule has 1 N–H and O–H groups in total. The lowest BCUT2D eigenvalue weighted by Crippen LogP contribution is -2.04. The lowest BCUT2D eigenvalue weighted by atomic mass is 10.0. The molecule has 0 aliphatic heterocycles. The Kier molecular flexibility index (Phi) is 11.8. The number of nitrogens with zero attached hydrogens (tertiary/aromatic N) is 2. The molecule has 4 heterocycles. The van der Waals surface area contributed by atoms with Crippen LogP contribution < -0.4 is 9.47 Å². The fourth-order valence-electron chi connectivity index (χ4n) is 6.38. The maximum Gasteiger partial charge on any atom is 0.338 e. The van der Waals surface area contributed by atoms with Gasteiger partial charge < -0.3 is 19.3 Å². The molecule has 4 aromatic carbocycles. The van der Waals surface area contributed by atoms with Crippen LogP contribution in [-0.4, -0.2) is 47.8 Å². The van der Waals surface area contributed by atoms with Gasteiger partial charge in [-0.05, 0) is 87.5 Å². The molecule has 0 saturated heterocycles. The highest BCUT2D eigenvalue weighted by Gasteiger charge is 2.14. The minimum Gasteiger partial charge on any atom is -0.481 e. The minimum absolute atomic E-state index is 0.291. The van der Waals surface area contributed by atoms with Crippen molar-refractivity contribution in [2.75, 3.05) is 20.8 Å². The van der Waals surface area contributed by atoms with Crippen LogP contribution in [-0.2, 0) is 17.6 Å². The maximum atomic E-state index is 12.1. The van der Waals surface area contributed by atoms with E-state index in [1.807, 2.05) is 80.0 Å². The predicted octanol–water partition coefficient (Wildman–Crippen LogP) is 11.0. The second-order valence-electron chi connectivity index (χ2n) is 12.8. The van der Waals surface area contributed by atoms with Crippen molar-refractivity contribution in [1.29, 1.82) is 0 Å². The largest absolute Gasteiger partial charge is 0.481 e. The molecule has 0 aliphatic carbocycles. The Bertz CT molecular complexity index is 2630. The number of aromatic nitrogens is 2. The Balaban J connectivity index is 0.000000172. The van der Waals surface area contributed by atoms with Crippen LogP contribution in [0.1, 0.15) is 48.5 Å². The van der Waals surface area contributed by atoms with E-state index in [9.17, 15) is 14.7 Å². The number of benzene rings is 4. The average molecular weight is 779 g/mol. The van der Waals surface area contributed by atoms with Crippen LogP contribution >= 0.6 is 22.7 Å². The van der Waals surface area contributed by atoms with E-state index in [1.54, 1.807) is 61.2 Å². The monoisotopic (exact) mass is 778 g/mol. The van der Waals surface area contributed by atoms with Crippen molar-refractivity contribution in [2.45, 2.75) is 19.8 Å². The minimum atomic E-state index is -0.914. The number of pyridine rings is 2. The summed E-state index contributed by atoms with van der Waals surface area (Å²) in [7, 11) is 3.22. The van der Waals surface area contributed by atoms with E-state index in [2.05, 4.69) is 46.4 Å². The highest BCUT2D eigenvalue weighted by molar-refractivity contribution is 7.20. The molecule has 4 aromatic heterocycles. The number of esters is 1. The van der Waals surface area contributed by atoms with Crippen LogP contribution in [0.5, 0.6) is 11.8 Å². The number of rotatable bonds is 11. The second kappa shape index (κ2) is 17.4. The smallest absolute Gasteiger partial charge is 0.338 e. The normalized spacial score (nSPS) is 10.8. The second-order valence-corrected chi connectivity index (χ2v) is 15.1. The predicted molar refractivity (Wildman–Crippen MR) is 225 cm³/mol. The van der Waals surface area contributed by atoms with Gasteiger partial charge in [0.2, 0.25) is 11.8 Å². The Labute approximate surface area is 332 Å². The zero-order chi connectivity index (χ0) is 39.0. The summed E-state index contributed by atoms with van der Waals surface area (Å²) in [4.78, 5) is 34.5. The summed E-state index contributed by atoms with van der Waals surface area (Å²) in [6, 6.07) is 39.4. The third-order valence-corrected chi connectivity index (χ3v) is 11.4. The van der Waals surface area contributed by atoms with Gasteiger partial charge in [-0.1, -0.05) is 72.8 Å². The third-order valence-electron chi connectivity index (χ3n) is 9.07. The number of fused-ring (bicyclic) bond motifs is 2. The van der Waals surface area contributed by atoms with Crippen molar-refractivity contribution in [3.63, 3.8) is 0 Å². The first kappa shape index (κ1) is 37.9. The SMILES string of the molecule is CCOC(=O)c1cccc(-c2cccc3cc(Cc4ccc(OC)nc4)sc23)c1.COc1ccc(Cc2cc3cccc(-c4cccc(C(=O)O)c4)c3s2)cn1. The van der Waals surface area contributed by atoms with Gasteiger partial charge in [0.1, 0.15) is 0 Å². The van der Waals surface area contributed by atoms with E-state index >= 15 is 0 Å². The van der Waals surface area contributed by atoms with E-state index in [4.69, 9.17) is 14.2 Å². The first-order valence-electron chi connectivity index (χ1n) is 17.9. The number of carboxylic acids is 1. The number of aromatic carboxylic acids is 1. The molecule has 0 amide bonds. The topological polar surface area (TPSA) is 108 Å². The first-order valence-corrected chi connectivity index (χ1v) is 19.6. The maximum absolute atomic E-state index is 12.1. The lowest BCUT2D eigenvalue weighted by molar-refractivity contribution is 0.0526. The van der Waals surface area contributed by atoms with Crippen LogP contribution in [0, 0.1) is 0 Å². The number of hydrogen-bond donors (Lipinski definition) is 1. The van der Waals surface area contributed by atoms with Crippen molar-refractivity contribution in [3.05, 3.63) is 166 Å². The molecule has 56 heavy (non-hydrogen) atoms. The van der Waals surface area contributed by atoms with Gasteiger partial charge in [0.25, 0.3) is 0 Å². The van der Waals surface area contributed by atoms with Gasteiger partial charge in [0.05, 0.1) is 32.0 Å². The van der Waals surface area contributed by atoms with Crippen molar-refractivity contribution in [3.8, 4) is 34.0 Å². The van der Waals surface area contributed by atoms with Crippen molar-refractivity contribution >= 4 is 54.8 Å². The summed E-state index contributed by atoms with van der Waals surface area (Å²) in [6.45, 7) is 2.18. The Hall–Kier alpha value is -6.36. The molecule has 280 valence electrons. The Morgan fingerprint density at radius 1 is 0.607 bits per heavy atom. The van der Waals surface area contributed by atoms with Gasteiger partial charge in [-0.25, -0.2) is 19.6 Å². The molecule has 0 saturated carbocycles. The van der Waals surface area contributed by atoms with Crippen LogP contribution in [0.2, 0.25) is 0 Å². The molecule has 0 spiro atoms. The van der Waals surface area contributed by atoms with Gasteiger partial charge in [0, 0.05) is 56.5 Å². The van der Waals surface area contributed by atoms with Crippen LogP contribution in [0.25, 0.3) is 42.4 Å². The summed E-state index contributed by atoms with van der Waals surface area (Å²) in [6.07, 6.45) is 5.30. The van der Waals surface area contributed by atoms with Crippen molar-refractivity contribution < 1.29 is 28.9 Å². The molecule has 0 fully saturated rings. The van der Waals surface area contributed by atoms with Crippen LogP contribution in [0.15, 0.2) is 134 Å². The molecule has 0 aliphatic rings. The summed E-state index contributed by atoms with van der Waals surface area (Å²) in [5, 5.41) is 11.6. The molecule has 10 heteroatoms. The highest BCUT2D eigenvalue weighted by atomic mass is 32.1. The fourth-order valence-corrected chi connectivity index (χ4v) is 8.84. The van der Waals surface area contributed by atoms with E-state index in [0.717, 1.165) is 56.3 Å². The molecule has 0 radical (unpaired) electrons. The quantitative estimate of drug-likeness (QED) is 0.129. The summed E-state index contributed by atoms with van der Waals surface area (Å²) in [5.74, 6) is 0.0212. The molecule has 0 atom stereocenters. The van der Waals surface area contributed by atoms with Crippen LogP contribution in [0.3, 0.4) is 0 Å². The lowest BCUT2D eigenvalue weighted by Gasteiger charge is -2.06. The van der Waals surface area contributed by atoms with Gasteiger partial charge in [0.15, 0.2) is 0 Å². The molecule has 8 aromatic rings. The summed E-state index contributed by atoms with van der Waals surface area (Å²) in [5.41, 5.74) is 7.24. The third kappa shape index (κ3) is 8.78. The molecule has 0 bridgehead atoms. The van der Waals surface area contributed by atoms with Crippen molar-refractivity contribution in [2.24, 2.45) is 0 Å². The molecular weight excluding hydrogens is 741 g/mol. The highest BCUT2D eigenvalue weighted by Crippen LogP contribution is 2.37. The van der Waals surface area contributed by atoms with Gasteiger partial charge >= 0.3 is 11.9 Å². The van der Waals surface area contributed by atoms with Gasteiger partial charge in [-0.15, -0.1) is 22.7 Å². The number of methoxy groups -OCH3 is 2. The van der Waals surface area contributed by atoms with E-state index in [0.29, 0.717) is 29.5 Å². The van der Waals surface area contributed by atoms with Gasteiger partial charge in [-0.3, -0.25) is 0 Å². The van der Waals surface area contributed by atoms with E-state index < -0.39 is 5.97 Å². The Morgan fingerprint density at radius 2 is 1.09 bits per heavy atom. The molecule has 8 nitrogen and oxygen atoms in total. The zero-order valence-corrected chi connectivity index (χ0v) is 32.7.